The van der Waals surface area contributed by atoms with E-state index < -0.39 is 6.10 Å². The summed E-state index contributed by atoms with van der Waals surface area (Å²) in [6, 6.07) is 7.97. The van der Waals surface area contributed by atoms with Crippen LogP contribution in [0.2, 0.25) is 0 Å². The minimum absolute atomic E-state index is 0.0963. The van der Waals surface area contributed by atoms with E-state index in [1.165, 1.54) is 0 Å². The molecule has 2 aromatic rings. The Morgan fingerprint density at radius 3 is 2.70 bits per heavy atom. The molecule has 2 aliphatic heterocycles. The molecule has 0 amide bonds. The van der Waals surface area contributed by atoms with Crippen molar-refractivity contribution >= 4 is 11.3 Å². The smallest absolute Gasteiger partial charge is 0.162 e. The summed E-state index contributed by atoms with van der Waals surface area (Å²) >= 11 is 0. The van der Waals surface area contributed by atoms with Crippen molar-refractivity contribution in [1.29, 1.82) is 0 Å². The van der Waals surface area contributed by atoms with Crippen LogP contribution < -0.4 is 9.47 Å². The van der Waals surface area contributed by atoms with Crippen LogP contribution in [0.5, 0.6) is 23.0 Å². The van der Waals surface area contributed by atoms with Crippen LogP contribution in [0.25, 0.3) is 11.3 Å². The number of benzene rings is 2. The summed E-state index contributed by atoms with van der Waals surface area (Å²) in [5, 5.41) is 30.5. The van der Waals surface area contributed by atoms with E-state index in [9.17, 15) is 15.3 Å². The van der Waals surface area contributed by atoms with Gasteiger partial charge in [0.1, 0.15) is 35.4 Å². The fourth-order valence-corrected chi connectivity index (χ4v) is 3.22. The van der Waals surface area contributed by atoms with Crippen LogP contribution in [0, 0.1) is 0 Å². The number of aliphatic hydroxyl groups excluding tert-OH is 1. The maximum absolute atomic E-state index is 10.8. The maximum atomic E-state index is 10.8. The summed E-state index contributed by atoms with van der Waals surface area (Å²) < 4.78 is 11.7. The van der Waals surface area contributed by atoms with Gasteiger partial charge in [0.15, 0.2) is 6.10 Å². The van der Waals surface area contributed by atoms with Gasteiger partial charge in [-0.15, -0.1) is 0 Å². The lowest BCUT2D eigenvalue weighted by Gasteiger charge is -2.34. The lowest BCUT2D eigenvalue weighted by Crippen LogP contribution is -2.34. The molecule has 0 spiro atoms. The molecule has 0 saturated carbocycles. The number of rotatable bonds is 1. The zero-order chi connectivity index (χ0) is 16.1. The molecule has 0 saturated heterocycles. The third-order valence-electron chi connectivity index (χ3n) is 4.33. The molecule has 0 aromatic heterocycles. The second kappa shape index (κ2) is 4.84. The highest BCUT2D eigenvalue weighted by Crippen LogP contribution is 2.47. The molecule has 3 N–H and O–H groups in total. The zero-order valence-electron chi connectivity index (χ0n) is 12.5. The number of ether oxygens (including phenoxy) is 2. The summed E-state index contributed by atoms with van der Waals surface area (Å²) in [7, 11) is 0. The first-order chi connectivity index (χ1) is 11.1. The number of phenolic OH excluding ortho intramolecular Hbond substituents is 2. The van der Waals surface area contributed by atoms with Gasteiger partial charge in [-0.25, -0.2) is 0 Å². The van der Waals surface area contributed by atoms with Crippen LogP contribution in [0.3, 0.4) is 0 Å². The Morgan fingerprint density at radius 1 is 1.09 bits per heavy atom. The van der Waals surface area contributed by atoms with Crippen LogP contribution in [0.4, 0.5) is 0 Å². The molecular weight excluding hydrogens is 296 g/mol. The van der Waals surface area contributed by atoms with Gasteiger partial charge in [-0.2, -0.15) is 0 Å². The molecule has 2 aromatic carbocycles. The Labute approximate surface area is 133 Å². The Balaban J connectivity index is 1.98. The first-order valence-corrected chi connectivity index (χ1v) is 7.51. The van der Waals surface area contributed by atoms with Crippen molar-refractivity contribution in [3.8, 4) is 23.0 Å². The van der Waals surface area contributed by atoms with Gasteiger partial charge in [0.05, 0.1) is 5.56 Å². The molecule has 1 atom stereocenters. The second-order valence-corrected chi connectivity index (χ2v) is 5.65. The van der Waals surface area contributed by atoms with Gasteiger partial charge in [-0.3, -0.25) is 0 Å². The van der Waals surface area contributed by atoms with Crippen molar-refractivity contribution in [2.24, 2.45) is 0 Å². The van der Waals surface area contributed by atoms with Crippen LogP contribution in [-0.4, -0.2) is 28.0 Å². The summed E-state index contributed by atoms with van der Waals surface area (Å²) in [6.07, 6.45) is 0.103. The van der Waals surface area contributed by atoms with Crippen molar-refractivity contribution in [2.45, 2.75) is 19.4 Å². The molecule has 1 unspecified atom stereocenters. The average Bonchev–Trinajstić information content (AvgIpc) is 2.54. The normalized spacial score (nSPS) is 18.4. The highest BCUT2D eigenvalue weighted by Gasteiger charge is 2.36. The van der Waals surface area contributed by atoms with Crippen molar-refractivity contribution in [3.63, 3.8) is 0 Å². The average molecular weight is 312 g/mol. The highest BCUT2D eigenvalue weighted by molar-refractivity contribution is 5.95. The molecule has 5 heteroatoms. The standard InChI is InChI=1S/C18H16O5/c1-2-10-13(20)5-4-11-17(21)16-12-7-9(19)3-6-14(12)22-8-15(16)23-18(10)11/h3-7,15,19-21H,2,8H2,1H3. The van der Waals surface area contributed by atoms with Crippen molar-refractivity contribution in [3.05, 3.63) is 47.0 Å². The molecule has 2 heterocycles. The molecule has 23 heavy (non-hydrogen) atoms. The summed E-state index contributed by atoms with van der Waals surface area (Å²) in [6.45, 7) is 2.18. The van der Waals surface area contributed by atoms with E-state index in [1.54, 1.807) is 30.3 Å². The number of hydrogen-bond acceptors (Lipinski definition) is 5. The number of aliphatic hydroxyl groups is 1. The number of phenols is 2. The Kier molecular flexibility index (Phi) is 2.91. The van der Waals surface area contributed by atoms with Crippen LogP contribution in [-0.2, 0) is 6.42 Å². The van der Waals surface area contributed by atoms with Crippen LogP contribution >= 0.6 is 0 Å². The molecule has 0 bridgehead atoms. The predicted molar refractivity (Wildman–Crippen MR) is 84.9 cm³/mol. The SMILES string of the molecule is CCc1c(O)ccc2c1OC1COc3ccc(O)cc3C1=C2O. The van der Waals surface area contributed by atoms with Crippen LogP contribution in [0.15, 0.2) is 30.3 Å². The minimum Gasteiger partial charge on any atom is -0.508 e. The summed E-state index contributed by atoms with van der Waals surface area (Å²) in [5.41, 5.74) is 2.43. The van der Waals surface area contributed by atoms with E-state index in [4.69, 9.17) is 9.47 Å². The Morgan fingerprint density at radius 2 is 1.91 bits per heavy atom. The number of hydrogen-bond donors (Lipinski definition) is 3. The minimum atomic E-state index is -0.483. The molecule has 4 rings (SSSR count). The van der Waals surface area contributed by atoms with Crippen molar-refractivity contribution in [1.82, 2.24) is 0 Å². The summed E-state index contributed by atoms with van der Waals surface area (Å²) in [5.74, 6) is 1.44. The lowest BCUT2D eigenvalue weighted by molar-refractivity contribution is 0.154. The topological polar surface area (TPSA) is 79.2 Å². The Bertz CT molecular complexity index is 838. The van der Waals surface area contributed by atoms with Gasteiger partial charge < -0.3 is 24.8 Å². The highest BCUT2D eigenvalue weighted by atomic mass is 16.5. The van der Waals surface area contributed by atoms with Gasteiger partial charge in [0.25, 0.3) is 0 Å². The lowest BCUT2D eigenvalue weighted by atomic mass is 9.90. The Hall–Kier alpha value is -2.82. The van der Waals surface area contributed by atoms with E-state index in [1.807, 2.05) is 6.92 Å². The quantitative estimate of drug-likeness (QED) is 0.753. The molecular formula is C18H16O5. The predicted octanol–water partition coefficient (Wildman–Crippen LogP) is 3.24. The molecule has 118 valence electrons. The molecule has 0 aliphatic carbocycles. The second-order valence-electron chi connectivity index (χ2n) is 5.65. The zero-order valence-corrected chi connectivity index (χ0v) is 12.5. The summed E-state index contributed by atoms with van der Waals surface area (Å²) in [4.78, 5) is 0. The van der Waals surface area contributed by atoms with Gasteiger partial charge in [-0.05, 0) is 36.8 Å². The largest absolute Gasteiger partial charge is 0.508 e. The number of aromatic hydroxyl groups is 2. The molecule has 0 radical (unpaired) electrons. The monoisotopic (exact) mass is 312 g/mol. The molecule has 2 aliphatic rings. The van der Waals surface area contributed by atoms with E-state index in [2.05, 4.69) is 0 Å². The van der Waals surface area contributed by atoms with E-state index >= 15 is 0 Å². The van der Waals surface area contributed by atoms with E-state index in [0.29, 0.717) is 40.2 Å². The van der Waals surface area contributed by atoms with E-state index in [-0.39, 0.29) is 23.9 Å². The molecule has 0 fully saturated rings. The fraction of sp³-hybridized carbons (Fsp3) is 0.222. The first kappa shape index (κ1) is 13.8. The van der Waals surface area contributed by atoms with Gasteiger partial charge in [-0.1, -0.05) is 6.92 Å². The fourth-order valence-electron chi connectivity index (χ4n) is 3.22. The van der Waals surface area contributed by atoms with Gasteiger partial charge in [0, 0.05) is 16.7 Å². The maximum Gasteiger partial charge on any atom is 0.162 e. The number of fused-ring (bicyclic) bond motifs is 4. The first-order valence-electron chi connectivity index (χ1n) is 7.51. The third kappa shape index (κ3) is 1.93. The van der Waals surface area contributed by atoms with Crippen molar-refractivity contribution in [2.75, 3.05) is 6.61 Å². The van der Waals surface area contributed by atoms with Crippen molar-refractivity contribution < 1.29 is 24.8 Å². The van der Waals surface area contributed by atoms with Crippen LogP contribution in [0.1, 0.15) is 23.6 Å². The van der Waals surface area contributed by atoms with Gasteiger partial charge in [0.2, 0.25) is 0 Å². The van der Waals surface area contributed by atoms with E-state index in [0.717, 1.165) is 0 Å². The molecule has 5 nitrogen and oxygen atoms in total. The van der Waals surface area contributed by atoms with Gasteiger partial charge >= 0.3 is 0 Å². The third-order valence-corrected chi connectivity index (χ3v) is 4.33.